The van der Waals surface area contributed by atoms with Gasteiger partial charge in [-0.25, -0.2) is 4.79 Å². The Morgan fingerprint density at radius 2 is 2.24 bits per heavy atom. The van der Waals surface area contributed by atoms with Gasteiger partial charge in [0.15, 0.2) is 0 Å². The van der Waals surface area contributed by atoms with Crippen molar-refractivity contribution in [2.75, 3.05) is 19.4 Å². The molecular weight excluding hydrogens is 296 g/mol. The van der Waals surface area contributed by atoms with E-state index in [0.29, 0.717) is 23.0 Å². The Kier molecular flexibility index (Phi) is 4.59. The standard InChI is InChI=1S/C12H15ClN6O2/c1-4-19-12(15-16-17-19)21-10-6-5-8(7-9(10)13)14-11(20)18(2)3/h5-7H,4H2,1-3H3,(H,14,20). The number of amides is 2. The van der Waals surface area contributed by atoms with Crippen LogP contribution in [0.1, 0.15) is 6.92 Å². The van der Waals surface area contributed by atoms with Crippen molar-refractivity contribution >= 4 is 23.3 Å². The smallest absolute Gasteiger partial charge is 0.340 e. The maximum absolute atomic E-state index is 11.6. The summed E-state index contributed by atoms with van der Waals surface area (Å²) in [7, 11) is 3.30. The summed E-state index contributed by atoms with van der Waals surface area (Å²) >= 11 is 6.14. The lowest BCUT2D eigenvalue weighted by atomic mass is 10.3. The lowest BCUT2D eigenvalue weighted by molar-refractivity contribution is 0.230. The number of ether oxygens (including phenoxy) is 1. The van der Waals surface area contributed by atoms with E-state index in [1.165, 1.54) is 9.58 Å². The van der Waals surface area contributed by atoms with E-state index in [9.17, 15) is 4.79 Å². The molecular formula is C12H15ClN6O2. The van der Waals surface area contributed by atoms with Gasteiger partial charge in [-0.2, -0.15) is 4.68 Å². The Hall–Kier alpha value is -2.35. The minimum atomic E-state index is -0.241. The second-order valence-electron chi connectivity index (χ2n) is 4.35. The number of carbonyl (C=O) groups is 1. The minimum absolute atomic E-state index is 0.241. The number of rotatable bonds is 4. The van der Waals surface area contributed by atoms with Crippen molar-refractivity contribution in [3.8, 4) is 11.8 Å². The van der Waals surface area contributed by atoms with Gasteiger partial charge in [0.25, 0.3) is 0 Å². The Balaban J connectivity index is 2.14. The van der Waals surface area contributed by atoms with Crippen LogP contribution in [0.15, 0.2) is 18.2 Å². The number of carbonyl (C=O) groups excluding carboxylic acids is 1. The molecule has 2 amide bonds. The number of aryl methyl sites for hydroxylation is 1. The van der Waals surface area contributed by atoms with Gasteiger partial charge in [0.05, 0.1) is 5.02 Å². The van der Waals surface area contributed by atoms with Gasteiger partial charge in [0.2, 0.25) is 0 Å². The zero-order valence-corrected chi connectivity index (χ0v) is 12.6. The lowest BCUT2D eigenvalue weighted by Gasteiger charge is -2.13. The first-order valence-corrected chi connectivity index (χ1v) is 6.61. The Bertz CT molecular complexity index is 642. The highest BCUT2D eigenvalue weighted by atomic mass is 35.5. The number of anilines is 1. The maximum atomic E-state index is 11.6. The van der Waals surface area contributed by atoms with Gasteiger partial charge in [-0.15, -0.1) is 0 Å². The van der Waals surface area contributed by atoms with Gasteiger partial charge in [0, 0.05) is 26.3 Å². The molecule has 1 heterocycles. The second-order valence-corrected chi connectivity index (χ2v) is 4.76. The van der Waals surface area contributed by atoms with Crippen LogP contribution in [0.4, 0.5) is 10.5 Å². The third-order valence-electron chi connectivity index (χ3n) is 2.59. The summed E-state index contributed by atoms with van der Waals surface area (Å²) in [5.74, 6) is 0.406. The van der Waals surface area contributed by atoms with Crippen molar-refractivity contribution in [2.45, 2.75) is 13.5 Å². The monoisotopic (exact) mass is 310 g/mol. The molecule has 0 saturated heterocycles. The molecule has 0 aliphatic heterocycles. The van der Waals surface area contributed by atoms with Crippen LogP contribution >= 0.6 is 11.6 Å². The van der Waals surface area contributed by atoms with E-state index in [0.717, 1.165) is 0 Å². The normalized spacial score (nSPS) is 10.3. The number of aromatic nitrogens is 4. The largest absolute Gasteiger partial charge is 0.422 e. The van der Waals surface area contributed by atoms with E-state index < -0.39 is 0 Å². The van der Waals surface area contributed by atoms with Crippen LogP contribution < -0.4 is 10.1 Å². The number of nitrogens with zero attached hydrogens (tertiary/aromatic N) is 5. The van der Waals surface area contributed by atoms with Crippen LogP contribution in [0.3, 0.4) is 0 Å². The van der Waals surface area contributed by atoms with Crippen LogP contribution in [0, 0.1) is 0 Å². The summed E-state index contributed by atoms with van der Waals surface area (Å²) in [6.45, 7) is 2.47. The molecule has 2 aromatic rings. The molecule has 8 nitrogen and oxygen atoms in total. The summed E-state index contributed by atoms with van der Waals surface area (Å²) < 4.78 is 7.05. The quantitative estimate of drug-likeness (QED) is 0.936. The van der Waals surface area contributed by atoms with E-state index >= 15 is 0 Å². The van der Waals surface area contributed by atoms with Crippen molar-refractivity contribution in [3.05, 3.63) is 23.2 Å². The first kappa shape index (κ1) is 15.0. The number of urea groups is 1. The third kappa shape index (κ3) is 3.60. The lowest BCUT2D eigenvalue weighted by Crippen LogP contribution is -2.27. The SMILES string of the molecule is CCn1nnnc1Oc1ccc(NC(=O)N(C)C)cc1Cl. The van der Waals surface area contributed by atoms with Crippen molar-refractivity contribution in [3.63, 3.8) is 0 Å². The third-order valence-corrected chi connectivity index (χ3v) is 2.88. The molecule has 1 aromatic carbocycles. The molecule has 0 fully saturated rings. The number of hydrogen-bond acceptors (Lipinski definition) is 5. The van der Waals surface area contributed by atoms with E-state index in [1.54, 1.807) is 32.3 Å². The van der Waals surface area contributed by atoms with E-state index in [-0.39, 0.29) is 12.0 Å². The fraction of sp³-hybridized carbons (Fsp3) is 0.333. The van der Waals surface area contributed by atoms with Crippen LogP contribution in [0.25, 0.3) is 0 Å². The van der Waals surface area contributed by atoms with E-state index in [1.807, 2.05) is 6.92 Å². The Morgan fingerprint density at radius 1 is 1.48 bits per heavy atom. The average molecular weight is 311 g/mol. The Morgan fingerprint density at radius 3 is 2.86 bits per heavy atom. The predicted octanol–water partition coefficient (Wildman–Crippen LogP) is 2.23. The average Bonchev–Trinajstić information content (AvgIpc) is 2.89. The molecule has 0 unspecified atom stereocenters. The maximum Gasteiger partial charge on any atom is 0.340 e. The summed E-state index contributed by atoms with van der Waals surface area (Å²) in [5.41, 5.74) is 0.570. The van der Waals surface area contributed by atoms with Crippen molar-refractivity contribution in [1.29, 1.82) is 0 Å². The number of hydrogen-bond donors (Lipinski definition) is 1. The van der Waals surface area contributed by atoms with Crippen molar-refractivity contribution in [2.24, 2.45) is 0 Å². The molecule has 0 bridgehead atoms. The van der Waals surface area contributed by atoms with Crippen LogP contribution in [0.5, 0.6) is 11.8 Å². The number of nitrogens with one attached hydrogen (secondary N) is 1. The number of halogens is 1. The highest BCUT2D eigenvalue weighted by molar-refractivity contribution is 6.32. The molecule has 1 N–H and O–H groups in total. The number of benzene rings is 1. The van der Waals surface area contributed by atoms with Crippen LogP contribution in [-0.4, -0.2) is 45.2 Å². The van der Waals surface area contributed by atoms with Crippen molar-refractivity contribution < 1.29 is 9.53 Å². The predicted molar refractivity (Wildman–Crippen MR) is 77.7 cm³/mol. The van der Waals surface area contributed by atoms with Gasteiger partial charge in [-0.05, 0) is 35.5 Å². The summed E-state index contributed by atoms with van der Waals surface area (Å²) in [4.78, 5) is 13.0. The molecule has 0 spiro atoms. The molecule has 2 rings (SSSR count). The fourth-order valence-electron chi connectivity index (χ4n) is 1.46. The minimum Gasteiger partial charge on any atom is -0.422 e. The van der Waals surface area contributed by atoms with Crippen molar-refractivity contribution in [1.82, 2.24) is 25.1 Å². The highest BCUT2D eigenvalue weighted by Crippen LogP contribution is 2.30. The van der Waals surface area contributed by atoms with Gasteiger partial charge in [0.1, 0.15) is 5.75 Å². The molecule has 0 aliphatic carbocycles. The van der Waals surface area contributed by atoms with E-state index in [2.05, 4.69) is 20.8 Å². The molecule has 112 valence electrons. The zero-order chi connectivity index (χ0) is 15.4. The molecule has 0 radical (unpaired) electrons. The van der Waals surface area contributed by atoms with Crippen LogP contribution in [-0.2, 0) is 6.54 Å². The number of tetrazole rings is 1. The highest BCUT2D eigenvalue weighted by Gasteiger charge is 2.11. The summed E-state index contributed by atoms with van der Waals surface area (Å²) in [6, 6.07) is 4.93. The molecule has 1 aromatic heterocycles. The fourth-order valence-corrected chi connectivity index (χ4v) is 1.68. The topological polar surface area (TPSA) is 85.2 Å². The van der Waals surface area contributed by atoms with Gasteiger partial charge in [-0.3, -0.25) is 0 Å². The van der Waals surface area contributed by atoms with E-state index in [4.69, 9.17) is 16.3 Å². The molecule has 21 heavy (non-hydrogen) atoms. The zero-order valence-electron chi connectivity index (χ0n) is 11.9. The molecule has 0 atom stereocenters. The van der Waals surface area contributed by atoms with Gasteiger partial charge in [-0.1, -0.05) is 16.7 Å². The van der Waals surface area contributed by atoms with Crippen LogP contribution in [0.2, 0.25) is 5.02 Å². The Labute approximate surface area is 126 Å². The molecule has 0 saturated carbocycles. The molecule has 9 heteroatoms. The molecule has 0 aliphatic rings. The first-order chi connectivity index (χ1) is 10.0. The summed E-state index contributed by atoms with van der Waals surface area (Å²) in [5, 5.41) is 14.1. The van der Waals surface area contributed by atoms with Gasteiger partial charge < -0.3 is 15.0 Å². The van der Waals surface area contributed by atoms with Gasteiger partial charge >= 0.3 is 12.0 Å². The second kappa shape index (κ2) is 6.40. The first-order valence-electron chi connectivity index (χ1n) is 6.23. The summed E-state index contributed by atoms with van der Waals surface area (Å²) in [6.07, 6.45) is 0.